The summed E-state index contributed by atoms with van der Waals surface area (Å²) in [5.41, 5.74) is 4.09. The molecule has 4 rings (SSSR count). The summed E-state index contributed by atoms with van der Waals surface area (Å²) in [6.07, 6.45) is 0.927. The molecular formula is C23H28N4O2. The Morgan fingerprint density at radius 1 is 0.897 bits per heavy atom. The molecule has 6 nitrogen and oxygen atoms in total. The molecule has 0 aromatic heterocycles. The Morgan fingerprint density at radius 3 is 2.28 bits per heavy atom. The smallest absolute Gasteiger partial charge is 0.253 e. The summed E-state index contributed by atoms with van der Waals surface area (Å²) in [6, 6.07) is 15.8. The molecule has 2 aromatic rings. The van der Waals surface area contributed by atoms with Crippen LogP contribution in [0, 0.1) is 0 Å². The fraction of sp³-hybridized carbons (Fsp3) is 0.391. The van der Waals surface area contributed by atoms with Gasteiger partial charge in [0, 0.05) is 63.8 Å². The Kier molecular flexibility index (Phi) is 5.53. The lowest BCUT2D eigenvalue weighted by Gasteiger charge is -2.35. The van der Waals surface area contributed by atoms with Crippen molar-refractivity contribution in [1.29, 1.82) is 0 Å². The monoisotopic (exact) mass is 392 g/mol. The van der Waals surface area contributed by atoms with Crippen molar-refractivity contribution in [2.24, 2.45) is 0 Å². The molecule has 152 valence electrons. The Balaban J connectivity index is 1.30. The van der Waals surface area contributed by atoms with Gasteiger partial charge in [-0.1, -0.05) is 18.2 Å². The SMILES string of the molecule is CN(C)c1ccc(C(=O)N2CCN(CC(=O)N3CCc4ccccc43)CC2)cc1. The molecule has 29 heavy (non-hydrogen) atoms. The molecule has 0 unspecified atom stereocenters. The molecule has 2 amide bonds. The first-order valence-corrected chi connectivity index (χ1v) is 10.2. The number of hydrogen-bond acceptors (Lipinski definition) is 4. The Hall–Kier alpha value is -2.86. The lowest BCUT2D eigenvalue weighted by Crippen LogP contribution is -2.51. The molecule has 0 atom stereocenters. The summed E-state index contributed by atoms with van der Waals surface area (Å²) < 4.78 is 0. The lowest BCUT2D eigenvalue weighted by atomic mass is 10.1. The number of fused-ring (bicyclic) bond motifs is 1. The fourth-order valence-corrected chi connectivity index (χ4v) is 4.07. The third-order valence-corrected chi connectivity index (χ3v) is 5.84. The van der Waals surface area contributed by atoms with Gasteiger partial charge in [0.1, 0.15) is 0 Å². The second-order valence-corrected chi connectivity index (χ2v) is 7.93. The van der Waals surface area contributed by atoms with Crippen molar-refractivity contribution >= 4 is 23.2 Å². The third kappa shape index (κ3) is 4.12. The Labute approximate surface area is 172 Å². The van der Waals surface area contributed by atoms with E-state index in [9.17, 15) is 9.59 Å². The summed E-state index contributed by atoms with van der Waals surface area (Å²) in [4.78, 5) is 33.5. The second kappa shape index (κ2) is 8.25. The molecule has 0 radical (unpaired) electrons. The van der Waals surface area contributed by atoms with Crippen LogP contribution < -0.4 is 9.80 Å². The van der Waals surface area contributed by atoms with Crippen molar-refractivity contribution in [2.45, 2.75) is 6.42 Å². The van der Waals surface area contributed by atoms with Gasteiger partial charge in [0.05, 0.1) is 6.54 Å². The molecule has 2 aliphatic rings. The maximum Gasteiger partial charge on any atom is 0.253 e. The van der Waals surface area contributed by atoms with Crippen molar-refractivity contribution in [2.75, 3.05) is 63.2 Å². The van der Waals surface area contributed by atoms with Crippen molar-refractivity contribution in [3.63, 3.8) is 0 Å². The number of benzene rings is 2. The van der Waals surface area contributed by atoms with Gasteiger partial charge in [0.15, 0.2) is 0 Å². The Bertz CT molecular complexity index is 886. The molecular weight excluding hydrogens is 364 g/mol. The van der Waals surface area contributed by atoms with Crippen LogP contribution >= 0.6 is 0 Å². The fourth-order valence-electron chi connectivity index (χ4n) is 4.07. The van der Waals surface area contributed by atoms with Crippen molar-refractivity contribution in [3.05, 3.63) is 59.7 Å². The first-order chi connectivity index (χ1) is 14.0. The summed E-state index contributed by atoms with van der Waals surface area (Å²) >= 11 is 0. The summed E-state index contributed by atoms with van der Waals surface area (Å²) in [7, 11) is 3.97. The number of amides is 2. The highest BCUT2D eigenvalue weighted by Crippen LogP contribution is 2.27. The van der Waals surface area contributed by atoms with E-state index in [1.807, 2.05) is 71.3 Å². The van der Waals surface area contributed by atoms with Gasteiger partial charge >= 0.3 is 0 Å². The molecule has 0 aliphatic carbocycles. The highest BCUT2D eigenvalue weighted by molar-refractivity contribution is 5.97. The first-order valence-electron chi connectivity index (χ1n) is 10.2. The van der Waals surface area contributed by atoms with Gasteiger partial charge in [-0.2, -0.15) is 0 Å². The first kappa shape index (κ1) is 19.5. The molecule has 1 saturated heterocycles. The highest BCUT2D eigenvalue weighted by Gasteiger charge is 2.28. The number of hydrogen-bond donors (Lipinski definition) is 0. The van der Waals surface area contributed by atoms with E-state index < -0.39 is 0 Å². The summed E-state index contributed by atoms with van der Waals surface area (Å²) in [5, 5.41) is 0. The van der Waals surface area contributed by atoms with Crippen LogP contribution in [0.2, 0.25) is 0 Å². The maximum absolute atomic E-state index is 12.8. The standard InChI is InChI=1S/C23H28N4O2/c1-24(2)20-9-7-19(8-10-20)23(29)26-15-13-25(14-16-26)17-22(28)27-12-11-18-5-3-4-6-21(18)27/h3-10H,11-17H2,1-2H3. The molecule has 2 aromatic carbocycles. The highest BCUT2D eigenvalue weighted by atomic mass is 16.2. The van der Waals surface area contributed by atoms with E-state index in [4.69, 9.17) is 0 Å². The normalized spacial score (nSPS) is 16.6. The number of rotatable bonds is 4. The molecule has 6 heteroatoms. The van der Waals surface area contributed by atoms with Crippen LogP contribution in [0.5, 0.6) is 0 Å². The zero-order valence-corrected chi connectivity index (χ0v) is 17.2. The van der Waals surface area contributed by atoms with Crippen LogP contribution in [0.4, 0.5) is 11.4 Å². The van der Waals surface area contributed by atoms with E-state index >= 15 is 0 Å². The van der Waals surface area contributed by atoms with Crippen LogP contribution in [0.1, 0.15) is 15.9 Å². The topological polar surface area (TPSA) is 47.1 Å². The second-order valence-electron chi connectivity index (χ2n) is 7.93. The molecule has 1 fully saturated rings. The maximum atomic E-state index is 12.8. The van der Waals surface area contributed by atoms with Crippen LogP contribution in [-0.2, 0) is 11.2 Å². The van der Waals surface area contributed by atoms with Crippen LogP contribution in [0.25, 0.3) is 0 Å². The zero-order chi connectivity index (χ0) is 20.4. The number of anilines is 2. The number of piperazine rings is 1. The van der Waals surface area contributed by atoms with E-state index in [2.05, 4.69) is 11.0 Å². The largest absolute Gasteiger partial charge is 0.378 e. The third-order valence-electron chi connectivity index (χ3n) is 5.84. The van der Waals surface area contributed by atoms with Gasteiger partial charge in [0.2, 0.25) is 5.91 Å². The average molecular weight is 393 g/mol. The molecule has 0 saturated carbocycles. The minimum absolute atomic E-state index is 0.0646. The van der Waals surface area contributed by atoms with E-state index in [1.54, 1.807) is 0 Å². The van der Waals surface area contributed by atoms with Crippen molar-refractivity contribution < 1.29 is 9.59 Å². The van der Waals surface area contributed by atoms with E-state index in [-0.39, 0.29) is 11.8 Å². The quantitative estimate of drug-likeness (QED) is 0.800. The minimum Gasteiger partial charge on any atom is -0.378 e. The predicted octanol–water partition coefficient (Wildman–Crippen LogP) is 2.10. The number of carbonyl (C=O) groups excluding carboxylic acids is 2. The molecule has 2 aliphatic heterocycles. The number of carbonyl (C=O) groups is 2. The molecule has 2 heterocycles. The van der Waals surface area contributed by atoms with Crippen LogP contribution in [0.3, 0.4) is 0 Å². The zero-order valence-electron chi connectivity index (χ0n) is 17.2. The van der Waals surface area contributed by atoms with Gasteiger partial charge in [-0.05, 0) is 42.3 Å². The summed E-state index contributed by atoms with van der Waals surface area (Å²) in [6.45, 7) is 3.93. The van der Waals surface area contributed by atoms with Crippen molar-refractivity contribution in [3.8, 4) is 0 Å². The average Bonchev–Trinajstić information content (AvgIpc) is 3.18. The number of para-hydroxylation sites is 1. The van der Waals surface area contributed by atoms with E-state index in [0.29, 0.717) is 25.2 Å². The van der Waals surface area contributed by atoms with Crippen LogP contribution in [0.15, 0.2) is 48.5 Å². The minimum atomic E-state index is 0.0646. The molecule has 0 spiro atoms. The van der Waals surface area contributed by atoms with Gasteiger partial charge in [-0.25, -0.2) is 0 Å². The molecule has 0 N–H and O–H groups in total. The Morgan fingerprint density at radius 2 is 1.59 bits per heavy atom. The van der Waals surface area contributed by atoms with E-state index in [1.165, 1.54) is 5.56 Å². The lowest BCUT2D eigenvalue weighted by molar-refractivity contribution is -0.120. The van der Waals surface area contributed by atoms with Gasteiger partial charge in [0.25, 0.3) is 5.91 Å². The molecule has 0 bridgehead atoms. The van der Waals surface area contributed by atoms with Gasteiger partial charge in [-0.15, -0.1) is 0 Å². The van der Waals surface area contributed by atoms with Gasteiger partial charge in [-0.3, -0.25) is 14.5 Å². The number of nitrogens with zero attached hydrogens (tertiary/aromatic N) is 4. The summed E-state index contributed by atoms with van der Waals surface area (Å²) in [5.74, 6) is 0.212. The van der Waals surface area contributed by atoms with Crippen molar-refractivity contribution in [1.82, 2.24) is 9.80 Å². The van der Waals surface area contributed by atoms with Gasteiger partial charge < -0.3 is 14.7 Å². The van der Waals surface area contributed by atoms with E-state index in [0.717, 1.165) is 37.4 Å². The predicted molar refractivity (Wildman–Crippen MR) is 116 cm³/mol. The van der Waals surface area contributed by atoms with Crippen LogP contribution in [-0.4, -0.2) is 75.0 Å².